The standard InChI is InChI=1S/C26H20Cl6O8/c1-3-5-13(9-33)11-37-21-17(29)7-15(27)19(31)23(21)39-25(35)26(36)40-24-20(32)16(28)8-18(30)22(24)38-12-14(10-34)6-4-2/h7-8H,3-6,11-12H2,1-2H3. The van der Waals surface area contributed by atoms with Crippen LogP contribution < -0.4 is 18.9 Å². The number of rotatable bonds is 12. The quantitative estimate of drug-likeness (QED) is 0.0735. The van der Waals surface area contributed by atoms with Crippen LogP contribution in [0.1, 0.15) is 39.5 Å². The van der Waals surface area contributed by atoms with Gasteiger partial charge in [0.2, 0.25) is 0 Å². The molecule has 0 unspecified atom stereocenters. The molecule has 40 heavy (non-hydrogen) atoms. The molecule has 0 saturated heterocycles. The first-order chi connectivity index (χ1) is 19.0. The summed E-state index contributed by atoms with van der Waals surface area (Å²) in [5.74, 6) is -1.21. The highest BCUT2D eigenvalue weighted by Crippen LogP contribution is 2.47. The topological polar surface area (TPSA) is 105 Å². The third-order valence-corrected chi connectivity index (χ3v) is 7.00. The average molecular weight is 673 g/mol. The van der Waals surface area contributed by atoms with Crippen LogP contribution in [0.25, 0.3) is 0 Å². The molecule has 0 aromatic heterocycles. The molecule has 0 fully saturated rings. The van der Waals surface area contributed by atoms with E-state index in [1.807, 2.05) is 13.8 Å². The van der Waals surface area contributed by atoms with Crippen LogP contribution in [0.2, 0.25) is 30.1 Å². The first-order valence-electron chi connectivity index (χ1n) is 11.5. The Morgan fingerprint density at radius 1 is 0.625 bits per heavy atom. The number of carbonyl (C=O) groups excluding carboxylic acids is 4. The lowest BCUT2D eigenvalue weighted by molar-refractivity contribution is -0.156. The minimum absolute atomic E-state index is 0.124. The van der Waals surface area contributed by atoms with Gasteiger partial charge in [-0.05, 0) is 25.0 Å². The SMILES string of the molecule is CCCC(=C=O)COc1c(Cl)cc(Cl)c(Cl)c1OC(=O)C(=O)Oc1c(Cl)c(Cl)cc(Cl)c1OCC(=C=O)CCC. The van der Waals surface area contributed by atoms with Gasteiger partial charge in [-0.1, -0.05) is 96.3 Å². The van der Waals surface area contributed by atoms with E-state index in [1.54, 1.807) is 11.9 Å². The third kappa shape index (κ3) is 8.81. The Balaban J connectivity index is 2.37. The smallest absolute Gasteiger partial charge is 0.423 e. The molecule has 0 aliphatic heterocycles. The molecule has 0 radical (unpaired) electrons. The van der Waals surface area contributed by atoms with Crippen molar-refractivity contribution in [2.45, 2.75) is 39.5 Å². The summed E-state index contributed by atoms with van der Waals surface area (Å²) in [4.78, 5) is 47.8. The summed E-state index contributed by atoms with van der Waals surface area (Å²) in [5, 5.41) is -1.13. The predicted octanol–water partition coefficient (Wildman–Crippen LogP) is 7.99. The van der Waals surface area contributed by atoms with E-state index in [1.165, 1.54) is 12.1 Å². The number of ether oxygens (including phenoxy) is 4. The molecule has 214 valence electrons. The van der Waals surface area contributed by atoms with E-state index in [0.29, 0.717) is 25.7 Å². The zero-order valence-corrected chi connectivity index (χ0v) is 25.5. The number of esters is 2. The second-order valence-electron chi connectivity index (χ2n) is 7.89. The summed E-state index contributed by atoms with van der Waals surface area (Å²) in [6.07, 6.45) is 2.06. The first kappa shape index (κ1) is 33.8. The number of halogens is 6. The van der Waals surface area contributed by atoms with E-state index in [4.69, 9.17) is 88.6 Å². The molecule has 2 aromatic rings. The average Bonchev–Trinajstić information content (AvgIpc) is 2.92. The second-order valence-corrected chi connectivity index (χ2v) is 10.3. The second kappa shape index (κ2) is 16.2. The van der Waals surface area contributed by atoms with Crippen LogP contribution in [-0.4, -0.2) is 37.0 Å². The van der Waals surface area contributed by atoms with Crippen molar-refractivity contribution in [1.82, 2.24) is 0 Å². The zero-order chi connectivity index (χ0) is 30.0. The van der Waals surface area contributed by atoms with Crippen LogP contribution in [0.4, 0.5) is 0 Å². The molecule has 0 heterocycles. The van der Waals surface area contributed by atoms with E-state index < -0.39 is 23.4 Å². The van der Waals surface area contributed by atoms with Gasteiger partial charge in [-0.2, -0.15) is 0 Å². The van der Waals surface area contributed by atoms with Gasteiger partial charge in [-0.3, -0.25) is 0 Å². The molecular weight excluding hydrogens is 653 g/mol. The van der Waals surface area contributed by atoms with Crippen LogP contribution in [0.15, 0.2) is 23.3 Å². The van der Waals surface area contributed by atoms with Crippen LogP contribution in [0, 0.1) is 0 Å². The Kier molecular flexibility index (Phi) is 13.7. The third-order valence-electron chi connectivity index (χ3n) is 4.90. The van der Waals surface area contributed by atoms with Crippen molar-refractivity contribution in [1.29, 1.82) is 0 Å². The fourth-order valence-corrected chi connectivity index (χ4v) is 4.42. The van der Waals surface area contributed by atoms with E-state index >= 15 is 0 Å². The van der Waals surface area contributed by atoms with Gasteiger partial charge in [0, 0.05) is 0 Å². The first-order valence-corrected chi connectivity index (χ1v) is 13.8. The number of benzene rings is 2. The summed E-state index contributed by atoms with van der Waals surface area (Å²) >= 11 is 36.9. The van der Waals surface area contributed by atoms with Crippen molar-refractivity contribution in [3.05, 3.63) is 53.4 Å². The van der Waals surface area contributed by atoms with Crippen molar-refractivity contribution in [2.75, 3.05) is 13.2 Å². The van der Waals surface area contributed by atoms with Gasteiger partial charge in [0.25, 0.3) is 0 Å². The van der Waals surface area contributed by atoms with E-state index in [2.05, 4.69) is 0 Å². The molecule has 0 N–H and O–H groups in total. The van der Waals surface area contributed by atoms with Crippen molar-refractivity contribution in [2.24, 2.45) is 0 Å². The van der Waals surface area contributed by atoms with Gasteiger partial charge in [-0.15, -0.1) is 0 Å². The van der Waals surface area contributed by atoms with Gasteiger partial charge >= 0.3 is 11.9 Å². The molecule has 0 aliphatic carbocycles. The number of hydrogen-bond donors (Lipinski definition) is 0. The van der Waals surface area contributed by atoms with Crippen LogP contribution in [0.3, 0.4) is 0 Å². The normalized spacial score (nSPS) is 10.3. The largest absolute Gasteiger partial charge is 0.483 e. The maximum absolute atomic E-state index is 12.8. The van der Waals surface area contributed by atoms with Gasteiger partial charge < -0.3 is 18.9 Å². The molecule has 0 aliphatic rings. The minimum atomic E-state index is -1.60. The van der Waals surface area contributed by atoms with Crippen molar-refractivity contribution in [3.8, 4) is 23.0 Å². The summed E-state index contributed by atoms with van der Waals surface area (Å²) < 4.78 is 21.4. The maximum Gasteiger partial charge on any atom is 0.423 e. The van der Waals surface area contributed by atoms with E-state index in [9.17, 15) is 19.2 Å². The predicted molar refractivity (Wildman–Crippen MR) is 153 cm³/mol. The Morgan fingerprint density at radius 2 is 0.975 bits per heavy atom. The number of carbonyl (C=O) groups is 2. The molecule has 0 amide bonds. The minimum Gasteiger partial charge on any atom is -0.483 e. The van der Waals surface area contributed by atoms with E-state index in [0.717, 1.165) is 0 Å². The lowest BCUT2D eigenvalue weighted by atomic mass is 10.2. The molecular formula is C26H20Cl6O8. The lowest BCUT2D eigenvalue weighted by Crippen LogP contribution is -2.26. The zero-order valence-electron chi connectivity index (χ0n) is 20.9. The van der Waals surface area contributed by atoms with Gasteiger partial charge in [0.05, 0.1) is 31.2 Å². The van der Waals surface area contributed by atoms with Crippen molar-refractivity contribution < 1.29 is 38.1 Å². The highest BCUT2D eigenvalue weighted by molar-refractivity contribution is 6.46. The fourth-order valence-electron chi connectivity index (χ4n) is 3.06. The monoisotopic (exact) mass is 670 g/mol. The molecule has 2 aromatic carbocycles. The summed E-state index contributed by atoms with van der Waals surface area (Å²) in [7, 11) is 0. The molecule has 0 saturated carbocycles. The highest BCUT2D eigenvalue weighted by atomic mass is 35.5. The Morgan fingerprint density at radius 3 is 1.27 bits per heavy atom. The maximum atomic E-state index is 12.8. The van der Waals surface area contributed by atoms with Crippen LogP contribution >= 0.6 is 69.6 Å². The van der Waals surface area contributed by atoms with E-state index in [-0.39, 0.29) is 66.0 Å². The van der Waals surface area contributed by atoms with Gasteiger partial charge in [-0.25, -0.2) is 19.2 Å². The molecule has 14 heteroatoms. The van der Waals surface area contributed by atoms with Crippen molar-refractivity contribution in [3.63, 3.8) is 0 Å². The summed E-state index contributed by atoms with van der Waals surface area (Å²) in [6.45, 7) is 3.19. The molecule has 2 rings (SSSR count). The van der Waals surface area contributed by atoms with Crippen LogP contribution in [-0.2, 0) is 19.2 Å². The summed E-state index contributed by atoms with van der Waals surface area (Å²) in [6, 6.07) is 2.44. The van der Waals surface area contributed by atoms with Crippen molar-refractivity contribution >= 4 is 93.4 Å². The molecule has 0 spiro atoms. The number of hydrogen-bond acceptors (Lipinski definition) is 8. The Bertz CT molecular complexity index is 1290. The highest BCUT2D eigenvalue weighted by Gasteiger charge is 2.29. The Labute approximate surface area is 259 Å². The fraction of sp³-hybridized carbons (Fsp3) is 0.308. The molecule has 0 bridgehead atoms. The molecule has 8 nitrogen and oxygen atoms in total. The Hall–Kier alpha value is -2.38. The summed E-state index contributed by atoms with van der Waals surface area (Å²) in [5.41, 5.74) is 0.542. The lowest BCUT2D eigenvalue weighted by Gasteiger charge is -2.17. The van der Waals surface area contributed by atoms with Gasteiger partial charge in [0.15, 0.2) is 23.0 Å². The van der Waals surface area contributed by atoms with Crippen LogP contribution in [0.5, 0.6) is 23.0 Å². The molecule has 0 atom stereocenters. The van der Waals surface area contributed by atoms with Gasteiger partial charge in [0.1, 0.15) is 35.1 Å².